The average Bonchev–Trinajstić information content (AvgIpc) is 3.16. The van der Waals surface area contributed by atoms with Crippen molar-refractivity contribution in [3.63, 3.8) is 0 Å². The van der Waals surface area contributed by atoms with Crippen molar-refractivity contribution in [3.8, 4) is 0 Å². The zero-order valence-electron chi connectivity index (χ0n) is 13.0. The van der Waals surface area contributed by atoms with E-state index in [9.17, 15) is 4.79 Å². The molecule has 0 bridgehead atoms. The van der Waals surface area contributed by atoms with Crippen LogP contribution in [0.1, 0.15) is 54.4 Å². The minimum absolute atomic E-state index is 0.100. The number of nitrogens with one attached hydrogen (secondary N) is 1. The Kier molecular flexibility index (Phi) is 4.29. The number of likely N-dealkylation sites (tertiary alicyclic amines) is 1. The SMILES string of the molecule is CCc1onc(C)c1C(=O)N1CCC(C2CCCN2)CC1. The number of carbonyl (C=O) groups excluding carboxylic acids is 1. The van der Waals surface area contributed by atoms with Crippen molar-refractivity contribution in [2.75, 3.05) is 19.6 Å². The standard InChI is InChI=1S/C16H25N3O2/c1-3-14-15(11(2)18-21-14)16(20)19-9-6-12(7-10-19)13-5-4-8-17-13/h12-13,17H,3-10H2,1-2H3. The second kappa shape index (κ2) is 6.18. The molecule has 116 valence electrons. The highest BCUT2D eigenvalue weighted by atomic mass is 16.5. The number of hydrogen-bond acceptors (Lipinski definition) is 4. The number of aryl methyl sites for hydroxylation is 2. The van der Waals surface area contributed by atoms with Gasteiger partial charge in [-0.1, -0.05) is 12.1 Å². The van der Waals surface area contributed by atoms with Crippen LogP contribution in [-0.4, -0.2) is 41.6 Å². The first-order chi connectivity index (χ1) is 10.2. The number of piperidine rings is 1. The first kappa shape index (κ1) is 14.6. The third kappa shape index (κ3) is 2.84. The summed E-state index contributed by atoms with van der Waals surface area (Å²) in [5.41, 5.74) is 1.41. The third-order valence-corrected chi connectivity index (χ3v) is 4.96. The lowest BCUT2D eigenvalue weighted by atomic mass is 9.88. The average molecular weight is 291 g/mol. The number of amides is 1. The molecule has 3 heterocycles. The Morgan fingerprint density at radius 1 is 1.38 bits per heavy atom. The summed E-state index contributed by atoms with van der Waals surface area (Å²) >= 11 is 0. The molecule has 1 N–H and O–H groups in total. The van der Waals surface area contributed by atoms with E-state index in [2.05, 4.69) is 10.5 Å². The summed E-state index contributed by atoms with van der Waals surface area (Å²) < 4.78 is 5.25. The van der Waals surface area contributed by atoms with Gasteiger partial charge in [0.25, 0.3) is 5.91 Å². The summed E-state index contributed by atoms with van der Waals surface area (Å²) in [6, 6.07) is 0.672. The molecular weight excluding hydrogens is 266 g/mol. The van der Waals surface area contributed by atoms with Crippen LogP contribution in [0.5, 0.6) is 0 Å². The van der Waals surface area contributed by atoms with E-state index in [4.69, 9.17) is 4.52 Å². The van der Waals surface area contributed by atoms with Gasteiger partial charge in [0.05, 0.1) is 5.69 Å². The first-order valence-corrected chi connectivity index (χ1v) is 8.18. The smallest absolute Gasteiger partial charge is 0.259 e. The zero-order chi connectivity index (χ0) is 14.8. The van der Waals surface area contributed by atoms with Crippen LogP contribution >= 0.6 is 0 Å². The lowest BCUT2D eigenvalue weighted by Crippen LogP contribution is -2.43. The van der Waals surface area contributed by atoms with Gasteiger partial charge in [-0.3, -0.25) is 4.79 Å². The fourth-order valence-electron chi connectivity index (χ4n) is 3.71. The Morgan fingerprint density at radius 2 is 2.14 bits per heavy atom. The highest BCUT2D eigenvalue weighted by Crippen LogP contribution is 2.27. The molecule has 2 fully saturated rings. The van der Waals surface area contributed by atoms with Crippen molar-refractivity contribution in [3.05, 3.63) is 17.0 Å². The second-order valence-electron chi connectivity index (χ2n) is 6.25. The van der Waals surface area contributed by atoms with Crippen LogP contribution in [0.4, 0.5) is 0 Å². The minimum atomic E-state index is 0.100. The summed E-state index contributed by atoms with van der Waals surface area (Å²) in [5, 5.41) is 7.55. The summed E-state index contributed by atoms with van der Waals surface area (Å²) in [4.78, 5) is 14.7. The molecule has 5 heteroatoms. The van der Waals surface area contributed by atoms with Gasteiger partial charge in [0.1, 0.15) is 11.3 Å². The first-order valence-electron chi connectivity index (χ1n) is 8.18. The molecule has 0 saturated carbocycles. The van der Waals surface area contributed by atoms with Crippen molar-refractivity contribution in [1.29, 1.82) is 0 Å². The third-order valence-electron chi connectivity index (χ3n) is 4.96. The van der Waals surface area contributed by atoms with Gasteiger partial charge < -0.3 is 14.7 Å². The Hall–Kier alpha value is -1.36. The van der Waals surface area contributed by atoms with Crippen LogP contribution in [0.15, 0.2) is 4.52 Å². The van der Waals surface area contributed by atoms with E-state index in [1.165, 1.54) is 12.8 Å². The summed E-state index contributed by atoms with van der Waals surface area (Å²) in [6.07, 6.45) is 5.52. The highest BCUT2D eigenvalue weighted by Gasteiger charge is 2.32. The molecule has 2 aliphatic heterocycles. The fraction of sp³-hybridized carbons (Fsp3) is 0.750. The largest absolute Gasteiger partial charge is 0.360 e. The van der Waals surface area contributed by atoms with Gasteiger partial charge in [-0.15, -0.1) is 0 Å². The Balaban J connectivity index is 1.63. The Labute approximate surface area is 126 Å². The molecule has 21 heavy (non-hydrogen) atoms. The molecule has 5 nitrogen and oxygen atoms in total. The molecule has 1 unspecified atom stereocenters. The fourth-order valence-corrected chi connectivity index (χ4v) is 3.71. The quantitative estimate of drug-likeness (QED) is 0.927. The number of carbonyl (C=O) groups is 1. The lowest BCUT2D eigenvalue weighted by molar-refractivity contribution is 0.0671. The van der Waals surface area contributed by atoms with E-state index >= 15 is 0 Å². The van der Waals surface area contributed by atoms with Crippen LogP contribution < -0.4 is 5.32 Å². The van der Waals surface area contributed by atoms with E-state index in [0.717, 1.165) is 49.8 Å². The van der Waals surface area contributed by atoms with E-state index in [-0.39, 0.29) is 5.91 Å². The maximum atomic E-state index is 12.7. The van der Waals surface area contributed by atoms with E-state index in [1.807, 2.05) is 18.7 Å². The van der Waals surface area contributed by atoms with Crippen molar-refractivity contribution in [2.45, 2.75) is 52.0 Å². The number of aromatic nitrogens is 1. The van der Waals surface area contributed by atoms with Crippen LogP contribution in [0, 0.1) is 12.8 Å². The molecular formula is C16H25N3O2. The molecule has 0 spiro atoms. The number of rotatable bonds is 3. The topological polar surface area (TPSA) is 58.4 Å². The van der Waals surface area contributed by atoms with Gasteiger partial charge in [0.2, 0.25) is 0 Å². The second-order valence-corrected chi connectivity index (χ2v) is 6.25. The Bertz CT molecular complexity index is 498. The molecule has 0 radical (unpaired) electrons. The molecule has 1 aromatic heterocycles. The summed E-state index contributed by atoms with van der Waals surface area (Å²) in [6.45, 7) is 6.72. The van der Waals surface area contributed by atoms with Gasteiger partial charge in [-0.2, -0.15) is 0 Å². The molecule has 0 aromatic carbocycles. The predicted molar refractivity (Wildman–Crippen MR) is 80.3 cm³/mol. The van der Waals surface area contributed by atoms with Crippen molar-refractivity contribution >= 4 is 5.91 Å². The Morgan fingerprint density at radius 3 is 2.76 bits per heavy atom. The van der Waals surface area contributed by atoms with E-state index in [0.29, 0.717) is 18.0 Å². The monoisotopic (exact) mass is 291 g/mol. The van der Waals surface area contributed by atoms with Crippen LogP contribution in [0.3, 0.4) is 0 Å². The molecule has 2 aliphatic rings. The van der Waals surface area contributed by atoms with Crippen LogP contribution in [-0.2, 0) is 6.42 Å². The summed E-state index contributed by atoms with van der Waals surface area (Å²) in [5.74, 6) is 1.55. The molecule has 2 saturated heterocycles. The van der Waals surface area contributed by atoms with E-state index < -0.39 is 0 Å². The van der Waals surface area contributed by atoms with Crippen LogP contribution in [0.25, 0.3) is 0 Å². The maximum absolute atomic E-state index is 12.7. The predicted octanol–water partition coefficient (Wildman–Crippen LogP) is 2.15. The van der Waals surface area contributed by atoms with Gasteiger partial charge in [-0.25, -0.2) is 0 Å². The maximum Gasteiger partial charge on any atom is 0.259 e. The zero-order valence-corrected chi connectivity index (χ0v) is 13.0. The molecule has 1 aromatic rings. The van der Waals surface area contributed by atoms with Crippen molar-refractivity contribution < 1.29 is 9.32 Å². The number of hydrogen-bond donors (Lipinski definition) is 1. The van der Waals surface area contributed by atoms with Crippen LogP contribution in [0.2, 0.25) is 0 Å². The minimum Gasteiger partial charge on any atom is -0.360 e. The van der Waals surface area contributed by atoms with E-state index in [1.54, 1.807) is 0 Å². The van der Waals surface area contributed by atoms with Gasteiger partial charge in [-0.05, 0) is 45.1 Å². The van der Waals surface area contributed by atoms with Gasteiger partial charge in [0.15, 0.2) is 0 Å². The van der Waals surface area contributed by atoms with Gasteiger partial charge >= 0.3 is 0 Å². The highest BCUT2D eigenvalue weighted by molar-refractivity contribution is 5.96. The molecule has 3 rings (SSSR count). The van der Waals surface area contributed by atoms with Gasteiger partial charge in [0, 0.05) is 25.6 Å². The summed E-state index contributed by atoms with van der Waals surface area (Å²) in [7, 11) is 0. The normalized spacial score (nSPS) is 23.7. The molecule has 1 atom stereocenters. The molecule has 1 amide bonds. The van der Waals surface area contributed by atoms with Crippen molar-refractivity contribution in [1.82, 2.24) is 15.4 Å². The molecule has 0 aliphatic carbocycles. The lowest BCUT2D eigenvalue weighted by Gasteiger charge is -2.34. The number of nitrogens with zero attached hydrogens (tertiary/aromatic N) is 2. The van der Waals surface area contributed by atoms with Crippen molar-refractivity contribution in [2.24, 2.45) is 5.92 Å².